The van der Waals surface area contributed by atoms with Gasteiger partial charge in [-0.1, -0.05) is 28.1 Å². The summed E-state index contributed by atoms with van der Waals surface area (Å²) < 4.78 is 13.9. The van der Waals surface area contributed by atoms with E-state index in [0.717, 1.165) is 15.7 Å². The van der Waals surface area contributed by atoms with Gasteiger partial charge in [-0.25, -0.2) is 9.37 Å². The number of benzene rings is 2. The zero-order valence-electron chi connectivity index (χ0n) is 12.3. The van der Waals surface area contributed by atoms with E-state index in [9.17, 15) is 9.65 Å². The predicted octanol–water partition coefficient (Wildman–Crippen LogP) is 5.69. The smallest absolute Gasteiger partial charge is 0.136 e. The minimum atomic E-state index is -0.302. The SMILES string of the molecule is N#C/C(=C/Nc1ccc(F)cc1)c1nc(-c2ccc(Br)cc2)cs1. The highest BCUT2D eigenvalue weighted by Crippen LogP contribution is 2.27. The summed E-state index contributed by atoms with van der Waals surface area (Å²) in [5.74, 6) is -0.302. The minimum Gasteiger partial charge on any atom is -0.360 e. The van der Waals surface area contributed by atoms with Crippen molar-refractivity contribution in [3.05, 3.63) is 75.4 Å². The number of nitrogens with one attached hydrogen (secondary N) is 1. The van der Waals surface area contributed by atoms with Crippen molar-refractivity contribution in [2.45, 2.75) is 0 Å². The summed E-state index contributed by atoms with van der Waals surface area (Å²) in [6.07, 6.45) is 1.58. The number of aromatic nitrogens is 1. The second-order valence-electron chi connectivity index (χ2n) is 4.87. The molecule has 0 saturated heterocycles. The van der Waals surface area contributed by atoms with E-state index < -0.39 is 0 Å². The van der Waals surface area contributed by atoms with Crippen molar-refractivity contribution >= 4 is 38.5 Å². The molecule has 24 heavy (non-hydrogen) atoms. The van der Waals surface area contributed by atoms with Gasteiger partial charge in [0, 0.05) is 27.3 Å². The summed E-state index contributed by atoms with van der Waals surface area (Å²) in [6.45, 7) is 0. The Bertz CT molecular complexity index is 909. The quantitative estimate of drug-likeness (QED) is 0.573. The van der Waals surface area contributed by atoms with Gasteiger partial charge in [-0.2, -0.15) is 5.26 Å². The molecule has 1 heterocycles. The summed E-state index contributed by atoms with van der Waals surface area (Å²) in [7, 11) is 0. The van der Waals surface area contributed by atoms with Crippen molar-refractivity contribution in [2.75, 3.05) is 5.32 Å². The van der Waals surface area contributed by atoms with Crippen LogP contribution >= 0.6 is 27.3 Å². The fraction of sp³-hybridized carbons (Fsp3) is 0. The van der Waals surface area contributed by atoms with Crippen molar-refractivity contribution in [3.63, 3.8) is 0 Å². The highest BCUT2D eigenvalue weighted by atomic mass is 79.9. The highest BCUT2D eigenvalue weighted by Gasteiger charge is 2.09. The largest absolute Gasteiger partial charge is 0.360 e. The monoisotopic (exact) mass is 399 g/mol. The third-order valence-corrected chi connectivity index (χ3v) is 4.63. The molecule has 0 atom stereocenters. The lowest BCUT2D eigenvalue weighted by Crippen LogP contribution is -1.91. The molecule has 3 aromatic rings. The van der Waals surface area contributed by atoms with Gasteiger partial charge in [-0.3, -0.25) is 0 Å². The molecule has 6 heteroatoms. The molecule has 0 aliphatic rings. The maximum absolute atomic E-state index is 12.9. The highest BCUT2D eigenvalue weighted by molar-refractivity contribution is 9.10. The van der Waals surface area contributed by atoms with Crippen molar-refractivity contribution in [1.29, 1.82) is 5.26 Å². The maximum atomic E-state index is 12.9. The second-order valence-corrected chi connectivity index (χ2v) is 6.64. The molecule has 0 saturated carbocycles. The van der Waals surface area contributed by atoms with Crippen LogP contribution < -0.4 is 5.32 Å². The lowest BCUT2D eigenvalue weighted by atomic mass is 10.2. The van der Waals surface area contributed by atoms with Gasteiger partial charge in [0.05, 0.1) is 5.69 Å². The first-order chi connectivity index (χ1) is 11.7. The van der Waals surface area contributed by atoms with Gasteiger partial charge in [0.1, 0.15) is 22.5 Å². The van der Waals surface area contributed by atoms with Gasteiger partial charge in [-0.15, -0.1) is 11.3 Å². The van der Waals surface area contributed by atoms with E-state index in [1.165, 1.54) is 23.5 Å². The number of nitriles is 1. The van der Waals surface area contributed by atoms with Crippen molar-refractivity contribution in [3.8, 4) is 17.3 Å². The number of hydrogen-bond acceptors (Lipinski definition) is 4. The number of hydrogen-bond donors (Lipinski definition) is 1. The summed E-state index contributed by atoms with van der Waals surface area (Å²) in [4.78, 5) is 4.52. The lowest BCUT2D eigenvalue weighted by molar-refractivity contribution is 0.628. The number of thiazole rings is 1. The van der Waals surface area contributed by atoms with E-state index >= 15 is 0 Å². The molecule has 0 spiro atoms. The van der Waals surface area contributed by atoms with E-state index in [2.05, 4.69) is 32.3 Å². The Morgan fingerprint density at radius 3 is 2.54 bits per heavy atom. The summed E-state index contributed by atoms with van der Waals surface area (Å²) >= 11 is 4.81. The third-order valence-electron chi connectivity index (χ3n) is 3.22. The average molecular weight is 400 g/mol. The molecule has 0 aliphatic heterocycles. The summed E-state index contributed by atoms with van der Waals surface area (Å²) in [5.41, 5.74) is 2.94. The van der Waals surface area contributed by atoms with Crippen LogP contribution in [0.2, 0.25) is 0 Å². The average Bonchev–Trinajstić information content (AvgIpc) is 3.08. The molecule has 3 nitrogen and oxygen atoms in total. The Labute approximate surface area is 151 Å². The Balaban J connectivity index is 1.81. The first-order valence-electron chi connectivity index (χ1n) is 7.00. The van der Waals surface area contributed by atoms with Gasteiger partial charge >= 0.3 is 0 Å². The molecule has 2 aromatic carbocycles. The summed E-state index contributed by atoms with van der Waals surface area (Å²) in [5, 5.41) is 14.9. The Morgan fingerprint density at radius 2 is 1.88 bits per heavy atom. The number of anilines is 1. The number of rotatable bonds is 4. The Morgan fingerprint density at radius 1 is 1.17 bits per heavy atom. The standard InChI is InChI=1S/C18H11BrFN3S/c19-14-3-1-12(2-4-14)17-11-24-18(23-17)13(9-21)10-22-16-7-5-15(20)6-8-16/h1-8,10-11,22H/b13-10-. The predicted molar refractivity (Wildman–Crippen MR) is 98.9 cm³/mol. The van der Waals surface area contributed by atoms with Crippen LogP contribution in [0, 0.1) is 17.1 Å². The van der Waals surface area contributed by atoms with Crippen LogP contribution in [0.5, 0.6) is 0 Å². The van der Waals surface area contributed by atoms with Gasteiger partial charge in [0.2, 0.25) is 0 Å². The fourth-order valence-electron chi connectivity index (χ4n) is 1.99. The zero-order valence-corrected chi connectivity index (χ0v) is 14.7. The molecule has 0 aliphatic carbocycles. The molecule has 1 aromatic heterocycles. The van der Waals surface area contributed by atoms with Crippen LogP contribution in [0.3, 0.4) is 0 Å². The van der Waals surface area contributed by atoms with Crippen molar-refractivity contribution in [2.24, 2.45) is 0 Å². The van der Waals surface area contributed by atoms with Crippen LogP contribution in [-0.4, -0.2) is 4.98 Å². The summed E-state index contributed by atoms with van der Waals surface area (Å²) in [6, 6.07) is 15.9. The topological polar surface area (TPSA) is 48.7 Å². The fourth-order valence-corrected chi connectivity index (χ4v) is 3.05. The minimum absolute atomic E-state index is 0.302. The molecule has 118 valence electrons. The molecule has 0 fully saturated rings. The van der Waals surface area contributed by atoms with Crippen LogP contribution in [0.4, 0.5) is 10.1 Å². The van der Waals surface area contributed by atoms with Crippen LogP contribution in [0.1, 0.15) is 5.01 Å². The van der Waals surface area contributed by atoms with Crippen LogP contribution in [0.15, 0.2) is 64.6 Å². The molecular formula is C18H11BrFN3S. The van der Waals surface area contributed by atoms with E-state index in [1.807, 2.05) is 29.6 Å². The molecule has 0 radical (unpaired) electrons. The van der Waals surface area contributed by atoms with E-state index in [1.54, 1.807) is 18.3 Å². The van der Waals surface area contributed by atoms with Crippen molar-refractivity contribution in [1.82, 2.24) is 4.98 Å². The van der Waals surface area contributed by atoms with Crippen molar-refractivity contribution < 1.29 is 4.39 Å². The van der Waals surface area contributed by atoms with E-state index in [-0.39, 0.29) is 5.82 Å². The zero-order chi connectivity index (χ0) is 16.9. The van der Waals surface area contributed by atoms with E-state index in [0.29, 0.717) is 16.3 Å². The van der Waals surface area contributed by atoms with Crippen LogP contribution in [-0.2, 0) is 0 Å². The molecular weight excluding hydrogens is 389 g/mol. The van der Waals surface area contributed by atoms with Gasteiger partial charge in [0.25, 0.3) is 0 Å². The first-order valence-corrected chi connectivity index (χ1v) is 8.67. The Hall–Kier alpha value is -2.49. The number of nitrogens with zero attached hydrogens (tertiary/aromatic N) is 2. The van der Waals surface area contributed by atoms with Gasteiger partial charge in [-0.05, 0) is 36.4 Å². The Kier molecular flexibility index (Phi) is 5.04. The molecule has 3 rings (SSSR count). The number of allylic oxidation sites excluding steroid dienone is 1. The molecule has 1 N–H and O–H groups in total. The normalized spacial score (nSPS) is 11.1. The number of halogens is 2. The van der Waals surface area contributed by atoms with E-state index in [4.69, 9.17) is 0 Å². The first kappa shape index (κ1) is 16.4. The molecule has 0 bridgehead atoms. The third kappa shape index (κ3) is 3.88. The van der Waals surface area contributed by atoms with Crippen LogP contribution in [0.25, 0.3) is 16.8 Å². The second kappa shape index (κ2) is 7.39. The molecule has 0 amide bonds. The molecule has 0 unspecified atom stereocenters. The van der Waals surface area contributed by atoms with Gasteiger partial charge < -0.3 is 5.32 Å². The van der Waals surface area contributed by atoms with Gasteiger partial charge in [0.15, 0.2) is 0 Å². The maximum Gasteiger partial charge on any atom is 0.136 e. The lowest BCUT2D eigenvalue weighted by Gasteiger charge is -2.01.